The van der Waals surface area contributed by atoms with Crippen LogP contribution in [0.3, 0.4) is 0 Å². The lowest BCUT2D eigenvalue weighted by molar-refractivity contribution is -0.142. The van der Waals surface area contributed by atoms with Gasteiger partial charge in [-0.3, -0.25) is 9.59 Å². The summed E-state index contributed by atoms with van der Waals surface area (Å²) in [6.07, 6.45) is 2.20. The normalized spacial score (nSPS) is 29.7. The Morgan fingerprint density at radius 1 is 1.33 bits per heavy atom. The fourth-order valence-electron chi connectivity index (χ4n) is 3.82. The second-order valence-corrected chi connectivity index (χ2v) is 7.41. The summed E-state index contributed by atoms with van der Waals surface area (Å²) >= 11 is 12.1. The second kappa shape index (κ2) is 4.72. The number of hydrogen-bond acceptors (Lipinski definition) is 2. The predicted molar refractivity (Wildman–Crippen MR) is 83.7 cm³/mol. The second-order valence-electron chi connectivity index (χ2n) is 6.63. The highest BCUT2D eigenvalue weighted by Gasteiger charge is 2.65. The maximum absolute atomic E-state index is 12.7. The van der Waals surface area contributed by atoms with E-state index in [0.717, 1.165) is 6.42 Å². The summed E-state index contributed by atoms with van der Waals surface area (Å²) < 4.78 is 0. The van der Waals surface area contributed by atoms with E-state index in [1.165, 1.54) is 0 Å². The van der Waals surface area contributed by atoms with Crippen LogP contribution in [0.15, 0.2) is 18.2 Å². The molecule has 5 heteroatoms. The van der Waals surface area contributed by atoms with Crippen molar-refractivity contribution in [3.05, 3.63) is 28.2 Å². The molecule has 1 N–H and O–H groups in total. The third-order valence-electron chi connectivity index (χ3n) is 5.19. The number of amides is 1. The van der Waals surface area contributed by atoms with Gasteiger partial charge in [0.1, 0.15) is 5.41 Å². The Morgan fingerprint density at radius 3 is 2.67 bits per heavy atom. The highest BCUT2D eigenvalue weighted by molar-refractivity contribution is 6.44. The molecule has 2 aliphatic carbocycles. The molecule has 2 saturated carbocycles. The number of benzene rings is 1. The van der Waals surface area contributed by atoms with Gasteiger partial charge in [0, 0.05) is 5.41 Å². The van der Waals surface area contributed by atoms with Gasteiger partial charge < -0.3 is 5.32 Å². The largest absolute Gasteiger partial charge is 0.324 e. The number of nitrogens with one attached hydrogen (secondary N) is 1. The van der Waals surface area contributed by atoms with Gasteiger partial charge in [-0.2, -0.15) is 0 Å². The van der Waals surface area contributed by atoms with Crippen LogP contribution in [-0.4, -0.2) is 11.7 Å². The molecule has 3 rings (SSSR count). The van der Waals surface area contributed by atoms with E-state index in [0.29, 0.717) is 34.5 Å². The fraction of sp³-hybridized carbons (Fsp3) is 0.500. The van der Waals surface area contributed by atoms with E-state index in [1.807, 2.05) is 13.8 Å². The molecule has 0 unspecified atom stereocenters. The van der Waals surface area contributed by atoms with Gasteiger partial charge in [-0.15, -0.1) is 0 Å². The summed E-state index contributed by atoms with van der Waals surface area (Å²) in [5.74, 6) is 0.109. The van der Waals surface area contributed by atoms with Crippen molar-refractivity contribution in [2.24, 2.45) is 16.7 Å². The molecule has 2 aliphatic rings. The lowest BCUT2D eigenvalue weighted by Gasteiger charge is -2.32. The van der Waals surface area contributed by atoms with Gasteiger partial charge >= 0.3 is 0 Å². The van der Waals surface area contributed by atoms with E-state index >= 15 is 0 Å². The van der Waals surface area contributed by atoms with Crippen molar-refractivity contribution < 1.29 is 9.59 Å². The summed E-state index contributed by atoms with van der Waals surface area (Å²) in [6.45, 7) is 3.89. The zero-order chi connectivity index (χ0) is 15.4. The third-order valence-corrected chi connectivity index (χ3v) is 6.01. The Morgan fingerprint density at radius 2 is 2.05 bits per heavy atom. The molecule has 2 bridgehead atoms. The van der Waals surface area contributed by atoms with Gasteiger partial charge in [0.05, 0.1) is 15.7 Å². The minimum atomic E-state index is -0.889. The molecule has 21 heavy (non-hydrogen) atoms. The Balaban J connectivity index is 1.90. The molecule has 1 amide bonds. The number of hydrogen-bond donors (Lipinski definition) is 1. The van der Waals surface area contributed by atoms with Gasteiger partial charge in [-0.05, 0) is 37.3 Å². The van der Waals surface area contributed by atoms with Crippen LogP contribution in [-0.2, 0) is 9.59 Å². The molecule has 1 aromatic rings. The average molecular weight is 326 g/mol. The van der Waals surface area contributed by atoms with E-state index in [9.17, 15) is 9.59 Å². The lowest BCUT2D eigenvalue weighted by Crippen LogP contribution is -2.44. The molecule has 0 aliphatic heterocycles. The fourth-order valence-corrected chi connectivity index (χ4v) is 4.17. The monoisotopic (exact) mass is 325 g/mol. The molecular weight excluding hydrogens is 309 g/mol. The average Bonchev–Trinajstić information content (AvgIpc) is 2.96. The number of Topliss-reactive ketones (excluding diaryl/α,β-unsaturated/α-hetero) is 1. The molecule has 3 nitrogen and oxygen atoms in total. The maximum atomic E-state index is 12.7. The lowest BCUT2D eigenvalue weighted by atomic mass is 9.70. The molecule has 2 fully saturated rings. The summed E-state index contributed by atoms with van der Waals surface area (Å²) in [7, 11) is 0. The first-order valence-electron chi connectivity index (χ1n) is 7.09. The minimum absolute atomic E-state index is 0.0573. The predicted octanol–water partition coefficient (Wildman–Crippen LogP) is 4.33. The number of ketones is 1. The standard InChI is InChI=1S/C16H17Cl2NO2/c1-15(2)9-6-7-16(8-9,13(15)20)14(21)19-11-5-3-4-10(17)12(11)18/h3-5,9H,6-8H2,1-2H3,(H,19,21)/t9-,16-/m0/s1. The van der Waals surface area contributed by atoms with Crippen LogP contribution in [0.5, 0.6) is 0 Å². The van der Waals surface area contributed by atoms with Crippen molar-refractivity contribution in [2.75, 3.05) is 5.32 Å². The van der Waals surface area contributed by atoms with Crippen molar-refractivity contribution in [2.45, 2.75) is 33.1 Å². The van der Waals surface area contributed by atoms with Crippen molar-refractivity contribution in [1.82, 2.24) is 0 Å². The van der Waals surface area contributed by atoms with Gasteiger partial charge in [-0.1, -0.05) is 43.1 Å². The topological polar surface area (TPSA) is 46.2 Å². The Hall–Kier alpha value is -1.06. The summed E-state index contributed by atoms with van der Waals surface area (Å²) in [4.78, 5) is 25.4. The number of carbonyl (C=O) groups excluding carboxylic acids is 2. The minimum Gasteiger partial charge on any atom is -0.324 e. The number of rotatable bonds is 2. The van der Waals surface area contributed by atoms with E-state index < -0.39 is 10.8 Å². The highest BCUT2D eigenvalue weighted by Crippen LogP contribution is 2.60. The van der Waals surface area contributed by atoms with Gasteiger partial charge in [0.2, 0.25) is 5.91 Å². The zero-order valence-electron chi connectivity index (χ0n) is 12.0. The molecule has 0 saturated heterocycles. The number of carbonyl (C=O) groups is 2. The number of fused-ring (bicyclic) bond motifs is 2. The molecule has 2 atom stereocenters. The van der Waals surface area contributed by atoms with Crippen LogP contribution in [0.2, 0.25) is 10.0 Å². The molecular formula is C16H17Cl2NO2. The van der Waals surface area contributed by atoms with Crippen LogP contribution in [0.4, 0.5) is 5.69 Å². The number of halogens is 2. The third kappa shape index (κ3) is 2.01. The quantitative estimate of drug-likeness (QED) is 0.823. The summed E-state index contributed by atoms with van der Waals surface area (Å²) in [6, 6.07) is 5.08. The van der Waals surface area contributed by atoms with Crippen molar-refractivity contribution in [1.29, 1.82) is 0 Å². The summed E-state index contributed by atoms with van der Waals surface area (Å²) in [5.41, 5.74) is -0.836. The number of anilines is 1. The SMILES string of the molecule is CC1(C)C(=O)[C@]2(C(=O)Nc3cccc(Cl)c3Cl)CC[C@H]1C2. The Labute approximate surface area is 134 Å². The molecule has 0 aromatic heterocycles. The van der Waals surface area contributed by atoms with Crippen LogP contribution in [0.25, 0.3) is 0 Å². The first-order valence-corrected chi connectivity index (χ1v) is 7.85. The zero-order valence-corrected chi connectivity index (χ0v) is 13.5. The van der Waals surface area contributed by atoms with E-state index in [4.69, 9.17) is 23.2 Å². The van der Waals surface area contributed by atoms with E-state index in [2.05, 4.69) is 5.32 Å². The maximum Gasteiger partial charge on any atom is 0.238 e. The van der Waals surface area contributed by atoms with Crippen molar-refractivity contribution in [3.8, 4) is 0 Å². The first-order chi connectivity index (χ1) is 9.79. The van der Waals surface area contributed by atoms with Crippen LogP contribution in [0, 0.1) is 16.7 Å². The van der Waals surface area contributed by atoms with Crippen molar-refractivity contribution >= 4 is 40.6 Å². The highest BCUT2D eigenvalue weighted by atomic mass is 35.5. The van der Waals surface area contributed by atoms with Gasteiger partial charge in [0.15, 0.2) is 5.78 Å². The molecule has 1 aromatic carbocycles. The molecule has 0 spiro atoms. The van der Waals surface area contributed by atoms with Gasteiger partial charge in [0.25, 0.3) is 0 Å². The first kappa shape index (κ1) is 14.9. The van der Waals surface area contributed by atoms with E-state index in [1.54, 1.807) is 18.2 Å². The molecule has 0 heterocycles. The van der Waals surface area contributed by atoms with Gasteiger partial charge in [-0.25, -0.2) is 0 Å². The van der Waals surface area contributed by atoms with Crippen molar-refractivity contribution in [3.63, 3.8) is 0 Å². The molecule has 112 valence electrons. The smallest absolute Gasteiger partial charge is 0.238 e. The molecule has 0 radical (unpaired) electrons. The van der Waals surface area contributed by atoms with E-state index in [-0.39, 0.29) is 11.7 Å². The van der Waals surface area contributed by atoms with Crippen LogP contribution in [0.1, 0.15) is 33.1 Å². The Bertz CT molecular complexity index is 641. The summed E-state index contributed by atoms with van der Waals surface area (Å²) in [5, 5.41) is 3.50. The Kier molecular flexibility index (Phi) is 3.34. The van der Waals surface area contributed by atoms with Crippen LogP contribution < -0.4 is 5.32 Å². The van der Waals surface area contributed by atoms with Crippen LogP contribution >= 0.6 is 23.2 Å².